The molecule has 0 unspecified atom stereocenters. The minimum atomic E-state index is -0.759. The number of hydrogen-bond donors (Lipinski definition) is 4. The van der Waals surface area contributed by atoms with Gasteiger partial charge < -0.3 is 26.4 Å². The Morgan fingerprint density at radius 2 is 1.18 bits per heavy atom. The van der Waals surface area contributed by atoms with E-state index >= 15 is 0 Å². The molecule has 0 spiro atoms. The molecule has 0 bridgehead atoms. The van der Waals surface area contributed by atoms with Crippen LogP contribution < -0.4 is 11.5 Å². The molecule has 17 heavy (non-hydrogen) atoms. The van der Waals surface area contributed by atoms with Crippen molar-refractivity contribution in [2.24, 2.45) is 11.5 Å². The van der Waals surface area contributed by atoms with E-state index in [-0.39, 0.29) is 26.3 Å². The largest absolute Gasteiger partial charge is 0.396 e. The van der Waals surface area contributed by atoms with Crippen LogP contribution in [0.25, 0.3) is 0 Å². The number of unbranched alkanes of at least 4 members (excludes halogenated alkanes) is 3. The number of carbonyl (C=O) groups is 2. The fraction of sp³-hybridized carbons (Fsp3) is 0.800. The highest BCUT2D eigenvalue weighted by molar-refractivity contribution is 5.87. The van der Waals surface area contributed by atoms with Gasteiger partial charge in [-0.25, -0.2) is 0 Å². The molecule has 0 saturated carbocycles. The maximum Gasteiger partial charge on any atom is 0.327 e. The molecule has 0 saturated heterocycles. The van der Waals surface area contributed by atoms with Crippen LogP contribution in [0, 0.1) is 0 Å². The van der Waals surface area contributed by atoms with Crippen LogP contribution in [-0.2, 0) is 14.3 Å². The van der Waals surface area contributed by atoms with Crippen LogP contribution in [-0.4, -0.2) is 48.5 Å². The maximum absolute atomic E-state index is 10.2. The molecule has 0 heterocycles. The second kappa shape index (κ2) is 15.0. The van der Waals surface area contributed by atoms with Crippen molar-refractivity contribution in [3.63, 3.8) is 0 Å². The summed E-state index contributed by atoms with van der Waals surface area (Å²) in [5.41, 5.74) is 9.61. The SMILES string of the molecule is NCC(=O)OC(=O)CN.OCCCCCCO. The lowest BCUT2D eigenvalue weighted by atomic mass is 10.2. The molecule has 0 aromatic carbocycles. The molecule has 0 fully saturated rings. The normalized spacial score (nSPS) is 9.18. The van der Waals surface area contributed by atoms with E-state index in [0.29, 0.717) is 0 Å². The summed E-state index contributed by atoms with van der Waals surface area (Å²) in [5.74, 6) is -1.52. The van der Waals surface area contributed by atoms with E-state index in [0.717, 1.165) is 25.7 Å². The van der Waals surface area contributed by atoms with Crippen LogP contribution in [0.1, 0.15) is 25.7 Å². The zero-order valence-corrected chi connectivity index (χ0v) is 9.93. The first-order valence-corrected chi connectivity index (χ1v) is 5.47. The van der Waals surface area contributed by atoms with Crippen LogP contribution in [0.15, 0.2) is 0 Å². The Hall–Kier alpha value is -1.02. The highest BCUT2D eigenvalue weighted by Gasteiger charge is 2.04. The molecular weight excluding hydrogens is 228 g/mol. The Balaban J connectivity index is 0. The van der Waals surface area contributed by atoms with Gasteiger partial charge in [-0.05, 0) is 12.8 Å². The van der Waals surface area contributed by atoms with Gasteiger partial charge in [0.15, 0.2) is 0 Å². The first-order valence-electron chi connectivity index (χ1n) is 5.47. The molecule has 0 aliphatic rings. The van der Waals surface area contributed by atoms with Gasteiger partial charge in [-0.3, -0.25) is 9.59 Å². The second-order valence-corrected chi connectivity index (χ2v) is 3.12. The Morgan fingerprint density at radius 1 is 0.824 bits per heavy atom. The summed E-state index contributed by atoms with van der Waals surface area (Å²) in [6, 6.07) is 0. The van der Waals surface area contributed by atoms with Crippen LogP contribution >= 0.6 is 0 Å². The van der Waals surface area contributed by atoms with Crippen molar-refractivity contribution in [1.29, 1.82) is 0 Å². The van der Waals surface area contributed by atoms with Gasteiger partial charge in [0.25, 0.3) is 0 Å². The molecule has 6 N–H and O–H groups in total. The maximum atomic E-state index is 10.2. The van der Waals surface area contributed by atoms with E-state index < -0.39 is 11.9 Å². The number of carbonyl (C=O) groups excluding carboxylic acids is 2. The van der Waals surface area contributed by atoms with Gasteiger partial charge >= 0.3 is 11.9 Å². The fourth-order valence-electron chi connectivity index (χ4n) is 0.787. The molecule has 0 aromatic heterocycles. The molecule has 0 radical (unpaired) electrons. The molecule has 102 valence electrons. The molecule has 7 heteroatoms. The van der Waals surface area contributed by atoms with Gasteiger partial charge in [0.1, 0.15) is 0 Å². The molecule has 0 aliphatic heterocycles. The fourth-order valence-corrected chi connectivity index (χ4v) is 0.787. The summed E-state index contributed by atoms with van der Waals surface area (Å²) in [5, 5.41) is 16.6. The zero-order chi connectivity index (χ0) is 13.5. The predicted molar refractivity (Wildman–Crippen MR) is 61.8 cm³/mol. The molecular formula is C10H22N2O5. The molecule has 0 atom stereocenters. The minimum absolute atomic E-state index is 0.283. The van der Waals surface area contributed by atoms with E-state index in [1.54, 1.807) is 0 Å². The zero-order valence-electron chi connectivity index (χ0n) is 9.93. The molecule has 0 aromatic rings. The number of aliphatic hydroxyl groups is 2. The average Bonchev–Trinajstić information content (AvgIpc) is 2.35. The Morgan fingerprint density at radius 3 is 1.41 bits per heavy atom. The minimum Gasteiger partial charge on any atom is -0.396 e. The predicted octanol–water partition coefficient (Wildman–Crippen LogP) is -1.49. The highest BCUT2D eigenvalue weighted by atomic mass is 16.6. The summed E-state index contributed by atoms with van der Waals surface area (Å²) in [6.07, 6.45) is 3.83. The first kappa shape index (κ1) is 18.3. The summed E-state index contributed by atoms with van der Waals surface area (Å²) in [4.78, 5) is 20.3. The highest BCUT2D eigenvalue weighted by Crippen LogP contribution is 1.96. The van der Waals surface area contributed by atoms with Crippen molar-refractivity contribution in [1.82, 2.24) is 0 Å². The van der Waals surface area contributed by atoms with Gasteiger partial charge in [-0.2, -0.15) is 0 Å². The van der Waals surface area contributed by atoms with Crippen molar-refractivity contribution in [3.05, 3.63) is 0 Å². The van der Waals surface area contributed by atoms with E-state index in [1.807, 2.05) is 0 Å². The molecule has 7 nitrogen and oxygen atoms in total. The van der Waals surface area contributed by atoms with E-state index in [1.165, 1.54) is 0 Å². The summed E-state index contributed by atoms with van der Waals surface area (Å²) in [6.45, 7) is -0.0334. The van der Waals surface area contributed by atoms with Crippen molar-refractivity contribution in [2.75, 3.05) is 26.3 Å². The van der Waals surface area contributed by atoms with Crippen molar-refractivity contribution in [3.8, 4) is 0 Å². The van der Waals surface area contributed by atoms with Crippen molar-refractivity contribution in [2.45, 2.75) is 25.7 Å². The van der Waals surface area contributed by atoms with Gasteiger partial charge in [-0.1, -0.05) is 12.8 Å². The number of aliphatic hydroxyl groups excluding tert-OH is 2. The lowest BCUT2D eigenvalue weighted by Crippen LogP contribution is -2.25. The van der Waals surface area contributed by atoms with Crippen LogP contribution in [0.3, 0.4) is 0 Å². The molecule has 0 rings (SSSR count). The van der Waals surface area contributed by atoms with Crippen molar-refractivity contribution >= 4 is 11.9 Å². The number of ether oxygens (including phenoxy) is 1. The number of hydrogen-bond acceptors (Lipinski definition) is 7. The van der Waals surface area contributed by atoms with Gasteiger partial charge in [-0.15, -0.1) is 0 Å². The smallest absolute Gasteiger partial charge is 0.327 e. The molecule has 0 aliphatic carbocycles. The standard InChI is InChI=1S/C6H14O2.C4H8N2O3/c7-5-3-1-2-4-6-8;5-1-3(7)9-4(8)2-6/h7-8H,1-6H2;1-2,5-6H2. The van der Waals surface area contributed by atoms with Crippen molar-refractivity contribution < 1.29 is 24.5 Å². The third-order valence-corrected chi connectivity index (χ3v) is 1.63. The average molecular weight is 250 g/mol. The van der Waals surface area contributed by atoms with Crippen LogP contribution in [0.2, 0.25) is 0 Å². The number of esters is 2. The third-order valence-electron chi connectivity index (χ3n) is 1.63. The second-order valence-electron chi connectivity index (χ2n) is 3.12. The quantitative estimate of drug-likeness (QED) is 0.245. The summed E-state index contributed by atoms with van der Waals surface area (Å²) >= 11 is 0. The number of rotatable bonds is 7. The van der Waals surface area contributed by atoms with Crippen LogP contribution in [0.5, 0.6) is 0 Å². The topological polar surface area (TPSA) is 136 Å². The van der Waals surface area contributed by atoms with Gasteiger partial charge in [0.2, 0.25) is 0 Å². The lowest BCUT2D eigenvalue weighted by molar-refractivity contribution is -0.157. The number of nitrogens with two attached hydrogens (primary N) is 2. The Bertz CT molecular complexity index is 179. The Labute approximate surface area is 101 Å². The summed E-state index contributed by atoms with van der Waals surface area (Å²) in [7, 11) is 0. The third kappa shape index (κ3) is 17.6. The monoisotopic (exact) mass is 250 g/mol. The van der Waals surface area contributed by atoms with E-state index in [4.69, 9.17) is 21.7 Å². The van der Waals surface area contributed by atoms with E-state index in [2.05, 4.69) is 4.74 Å². The van der Waals surface area contributed by atoms with E-state index in [9.17, 15) is 9.59 Å². The summed E-state index contributed by atoms with van der Waals surface area (Å²) < 4.78 is 4.02. The van der Waals surface area contributed by atoms with Gasteiger partial charge in [0, 0.05) is 13.2 Å². The first-order chi connectivity index (χ1) is 8.12. The van der Waals surface area contributed by atoms with Crippen LogP contribution in [0.4, 0.5) is 0 Å². The Kier molecular flexibility index (Phi) is 16.2. The molecule has 0 amide bonds. The lowest BCUT2D eigenvalue weighted by Gasteiger charge is -1.95. The van der Waals surface area contributed by atoms with Gasteiger partial charge in [0.05, 0.1) is 13.1 Å².